The number of halogens is 1. The number of fused-ring (bicyclic) bond motifs is 1. The summed E-state index contributed by atoms with van der Waals surface area (Å²) in [5, 5.41) is 2.99. The highest BCUT2D eigenvalue weighted by Crippen LogP contribution is 2.26. The van der Waals surface area contributed by atoms with Crippen molar-refractivity contribution >= 4 is 22.5 Å². The summed E-state index contributed by atoms with van der Waals surface area (Å²) < 4.78 is 0. The first kappa shape index (κ1) is 8.57. The van der Waals surface area contributed by atoms with Crippen molar-refractivity contribution in [2.45, 2.75) is 18.9 Å². The second-order valence-corrected chi connectivity index (χ2v) is 3.68. The van der Waals surface area contributed by atoms with E-state index in [-0.39, 0.29) is 11.3 Å². The predicted molar refractivity (Wildman–Crippen MR) is 53.0 cm³/mol. The maximum atomic E-state index is 10.7. The van der Waals surface area contributed by atoms with Gasteiger partial charge in [-0.25, -0.2) is 0 Å². The number of hydrogen-bond acceptors (Lipinski definition) is 2. The van der Waals surface area contributed by atoms with E-state index in [2.05, 4.69) is 11.4 Å². The van der Waals surface area contributed by atoms with Crippen LogP contribution in [0.15, 0.2) is 24.3 Å². The largest absolute Gasteiger partial charge is 0.381 e. The molecule has 2 nitrogen and oxygen atoms in total. The van der Waals surface area contributed by atoms with Gasteiger partial charge in [0, 0.05) is 18.2 Å². The molecular formula is C10H10ClNO. The fourth-order valence-corrected chi connectivity index (χ4v) is 1.88. The molecule has 1 aliphatic rings. The van der Waals surface area contributed by atoms with Crippen LogP contribution >= 0.6 is 11.6 Å². The van der Waals surface area contributed by atoms with Crippen LogP contribution in [-0.2, 0) is 11.2 Å². The van der Waals surface area contributed by atoms with E-state index in [1.54, 1.807) is 0 Å². The van der Waals surface area contributed by atoms with Crippen molar-refractivity contribution in [3.8, 4) is 0 Å². The third-order valence-electron chi connectivity index (χ3n) is 2.25. The van der Waals surface area contributed by atoms with E-state index in [9.17, 15) is 4.79 Å². The molecule has 1 N–H and O–H groups in total. The van der Waals surface area contributed by atoms with E-state index in [4.69, 9.17) is 11.6 Å². The molecule has 1 aromatic carbocycles. The zero-order valence-electron chi connectivity index (χ0n) is 7.09. The van der Waals surface area contributed by atoms with Gasteiger partial charge in [0.05, 0.1) is 0 Å². The van der Waals surface area contributed by atoms with Crippen molar-refractivity contribution in [3.63, 3.8) is 0 Å². The smallest absolute Gasteiger partial charge is 0.223 e. The van der Waals surface area contributed by atoms with E-state index in [0.29, 0.717) is 6.42 Å². The van der Waals surface area contributed by atoms with Gasteiger partial charge in [0.1, 0.15) is 0 Å². The lowest BCUT2D eigenvalue weighted by atomic mass is 10.1. The number of carbonyl (C=O) groups is 1. The van der Waals surface area contributed by atoms with Crippen LogP contribution in [0.1, 0.15) is 12.0 Å². The van der Waals surface area contributed by atoms with Gasteiger partial charge < -0.3 is 5.32 Å². The quantitative estimate of drug-likeness (QED) is 0.733. The molecule has 0 saturated carbocycles. The Hall–Kier alpha value is -1.02. The van der Waals surface area contributed by atoms with Crippen LogP contribution in [0.3, 0.4) is 0 Å². The van der Waals surface area contributed by atoms with Crippen LogP contribution in [0.4, 0.5) is 5.69 Å². The first-order valence-corrected chi connectivity index (χ1v) is 4.66. The number of para-hydroxylation sites is 1. The fraction of sp³-hybridized carbons (Fsp3) is 0.300. The van der Waals surface area contributed by atoms with Crippen LogP contribution in [0.2, 0.25) is 0 Å². The Morgan fingerprint density at radius 2 is 2.31 bits per heavy atom. The van der Waals surface area contributed by atoms with Crippen molar-refractivity contribution in [1.82, 2.24) is 0 Å². The van der Waals surface area contributed by atoms with E-state index in [1.807, 2.05) is 18.2 Å². The van der Waals surface area contributed by atoms with Gasteiger partial charge in [0.2, 0.25) is 5.24 Å². The van der Waals surface area contributed by atoms with E-state index in [1.165, 1.54) is 5.56 Å². The molecule has 0 radical (unpaired) electrons. The van der Waals surface area contributed by atoms with E-state index >= 15 is 0 Å². The average molecular weight is 196 g/mol. The Morgan fingerprint density at radius 3 is 3.00 bits per heavy atom. The summed E-state index contributed by atoms with van der Waals surface area (Å²) in [7, 11) is 0. The third-order valence-corrected chi connectivity index (χ3v) is 2.40. The topological polar surface area (TPSA) is 29.1 Å². The normalized spacial score (nSPS) is 19.3. The zero-order valence-corrected chi connectivity index (χ0v) is 7.84. The van der Waals surface area contributed by atoms with Crippen molar-refractivity contribution in [1.29, 1.82) is 0 Å². The highest BCUT2D eigenvalue weighted by atomic mass is 35.5. The minimum absolute atomic E-state index is 0.183. The summed E-state index contributed by atoms with van der Waals surface area (Å²) in [4.78, 5) is 10.7. The minimum Gasteiger partial charge on any atom is -0.381 e. The molecular weight excluding hydrogens is 186 g/mol. The highest BCUT2D eigenvalue weighted by molar-refractivity contribution is 6.63. The Morgan fingerprint density at radius 1 is 1.54 bits per heavy atom. The second-order valence-electron chi connectivity index (χ2n) is 3.26. The number of anilines is 1. The predicted octanol–water partition coefficient (Wildman–Crippen LogP) is 2.18. The number of carbonyl (C=O) groups excluding carboxylic acids is 1. The first-order chi connectivity index (χ1) is 6.25. The Bertz CT molecular complexity index is 312. The van der Waals surface area contributed by atoms with Crippen molar-refractivity contribution in [2.75, 3.05) is 5.32 Å². The van der Waals surface area contributed by atoms with Gasteiger partial charge in [-0.3, -0.25) is 4.79 Å². The van der Waals surface area contributed by atoms with Crippen LogP contribution < -0.4 is 5.32 Å². The molecule has 1 aromatic rings. The fourth-order valence-electron chi connectivity index (χ4n) is 1.69. The van der Waals surface area contributed by atoms with Gasteiger partial charge in [-0.15, -0.1) is 0 Å². The molecule has 3 heteroatoms. The number of benzene rings is 1. The zero-order chi connectivity index (χ0) is 9.26. The van der Waals surface area contributed by atoms with Gasteiger partial charge in [0.25, 0.3) is 0 Å². The van der Waals surface area contributed by atoms with Crippen molar-refractivity contribution < 1.29 is 4.79 Å². The molecule has 68 valence electrons. The summed E-state index contributed by atoms with van der Waals surface area (Å²) in [6.45, 7) is 0. The molecule has 0 amide bonds. The molecule has 1 aliphatic heterocycles. The SMILES string of the molecule is O=C(Cl)CC1Cc2ccccc2N1. The molecule has 1 heterocycles. The molecule has 0 spiro atoms. The summed E-state index contributed by atoms with van der Waals surface area (Å²) in [5.41, 5.74) is 2.40. The molecule has 0 bridgehead atoms. The molecule has 2 rings (SSSR count). The van der Waals surface area contributed by atoms with Gasteiger partial charge in [-0.2, -0.15) is 0 Å². The van der Waals surface area contributed by atoms with Crippen molar-refractivity contribution in [2.24, 2.45) is 0 Å². The Balaban J connectivity index is 2.09. The summed E-state index contributed by atoms with van der Waals surface area (Å²) in [5.74, 6) is 0. The summed E-state index contributed by atoms with van der Waals surface area (Å²) in [6, 6.07) is 8.26. The van der Waals surface area contributed by atoms with Crippen molar-refractivity contribution in [3.05, 3.63) is 29.8 Å². The average Bonchev–Trinajstić information content (AvgIpc) is 2.44. The molecule has 0 fully saturated rings. The van der Waals surface area contributed by atoms with Crippen LogP contribution in [0.5, 0.6) is 0 Å². The number of hydrogen-bond donors (Lipinski definition) is 1. The summed E-state index contributed by atoms with van der Waals surface area (Å²) >= 11 is 5.32. The molecule has 1 atom stereocenters. The highest BCUT2D eigenvalue weighted by Gasteiger charge is 2.21. The third kappa shape index (κ3) is 1.83. The lowest BCUT2D eigenvalue weighted by Gasteiger charge is -2.06. The Kier molecular flexibility index (Phi) is 2.23. The standard InChI is InChI=1S/C10H10ClNO/c11-10(13)6-8-5-7-3-1-2-4-9(7)12-8/h1-4,8,12H,5-6H2. The second kappa shape index (κ2) is 3.38. The van der Waals surface area contributed by atoms with Crippen LogP contribution in [0.25, 0.3) is 0 Å². The summed E-state index contributed by atoms with van der Waals surface area (Å²) in [6.07, 6.45) is 1.30. The van der Waals surface area contributed by atoms with Crippen LogP contribution in [-0.4, -0.2) is 11.3 Å². The molecule has 1 unspecified atom stereocenters. The molecule has 0 aromatic heterocycles. The Labute approximate surface area is 81.9 Å². The maximum Gasteiger partial charge on any atom is 0.223 e. The number of rotatable bonds is 2. The lowest BCUT2D eigenvalue weighted by molar-refractivity contribution is -0.111. The van der Waals surface area contributed by atoms with Gasteiger partial charge >= 0.3 is 0 Å². The van der Waals surface area contributed by atoms with E-state index in [0.717, 1.165) is 12.1 Å². The van der Waals surface area contributed by atoms with Gasteiger partial charge in [0.15, 0.2) is 0 Å². The molecule has 0 saturated heterocycles. The van der Waals surface area contributed by atoms with Gasteiger partial charge in [-0.1, -0.05) is 18.2 Å². The van der Waals surface area contributed by atoms with Gasteiger partial charge in [-0.05, 0) is 29.7 Å². The van der Waals surface area contributed by atoms with E-state index < -0.39 is 0 Å². The molecule has 13 heavy (non-hydrogen) atoms. The maximum absolute atomic E-state index is 10.7. The monoisotopic (exact) mass is 195 g/mol. The first-order valence-electron chi connectivity index (χ1n) is 4.28. The number of nitrogens with one attached hydrogen (secondary N) is 1. The van der Waals surface area contributed by atoms with Crippen LogP contribution in [0, 0.1) is 0 Å². The molecule has 0 aliphatic carbocycles. The minimum atomic E-state index is -0.273. The lowest BCUT2D eigenvalue weighted by Crippen LogP contribution is -2.17.